The smallest absolute Gasteiger partial charge is 0.0540 e. The van der Waals surface area contributed by atoms with Crippen LogP contribution in [0.4, 0.5) is 17.1 Å². The van der Waals surface area contributed by atoms with Crippen molar-refractivity contribution in [2.45, 2.75) is 64.2 Å². The molecular formula is C46H41N. The van der Waals surface area contributed by atoms with E-state index in [2.05, 4.69) is 160 Å². The quantitative estimate of drug-likeness (QED) is 0.193. The first-order valence-electron chi connectivity index (χ1n) is 17.3. The summed E-state index contributed by atoms with van der Waals surface area (Å²) in [5, 5.41) is 0. The van der Waals surface area contributed by atoms with Crippen LogP contribution in [0.2, 0.25) is 0 Å². The predicted octanol–water partition coefficient (Wildman–Crippen LogP) is 12.6. The van der Waals surface area contributed by atoms with E-state index in [9.17, 15) is 0 Å². The highest BCUT2D eigenvalue weighted by Gasteiger charge is 2.45. The minimum Gasteiger partial charge on any atom is -0.310 e. The van der Waals surface area contributed by atoms with Gasteiger partial charge in [0.2, 0.25) is 0 Å². The lowest BCUT2D eigenvalue weighted by Gasteiger charge is -2.32. The van der Waals surface area contributed by atoms with Crippen LogP contribution < -0.4 is 4.90 Å². The summed E-state index contributed by atoms with van der Waals surface area (Å²) in [4.78, 5) is 2.54. The molecule has 0 N–H and O–H groups in total. The van der Waals surface area contributed by atoms with Crippen LogP contribution in [-0.4, -0.2) is 0 Å². The first kappa shape index (κ1) is 28.4. The Kier molecular flexibility index (Phi) is 6.22. The summed E-state index contributed by atoms with van der Waals surface area (Å²) in [5.41, 5.74) is 20.2. The Hall–Kier alpha value is -4.88. The zero-order valence-corrected chi connectivity index (χ0v) is 27.9. The van der Waals surface area contributed by atoms with E-state index >= 15 is 0 Å². The van der Waals surface area contributed by atoms with E-state index < -0.39 is 0 Å². The third-order valence-electron chi connectivity index (χ3n) is 11.6. The zero-order valence-electron chi connectivity index (χ0n) is 27.9. The maximum Gasteiger partial charge on any atom is 0.0540 e. The maximum atomic E-state index is 2.55. The molecule has 0 aliphatic heterocycles. The van der Waals surface area contributed by atoms with Crippen LogP contribution in [0.3, 0.4) is 0 Å². The van der Waals surface area contributed by atoms with Crippen molar-refractivity contribution in [1.82, 2.24) is 0 Å². The molecule has 1 nitrogen and oxygen atoms in total. The highest BCUT2D eigenvalue weighted by Crippen LogP contribution is 2.58. The number of fused-ring (bicyclic) bond motifs is 8. The van der Waals surface area contributed by atoms with Crippen molar-refractivity contribution in [3.05, 3.63) is 161 Å². The van der Waals surface area contributed by atoms with E-state index in [0.29, 0.717) is 0 Å². The normalized spacial score (nSPS) is 16.1. The van der Waals surface area contributed by atoms with Gasteiger partial charge in [-0.3, -0.25) is 0 Å². The first-order valence-corrected chi connectivity index (χ1v) is 17.3. The Bertz CT molecular complexity index is 2210. The molecule has 1 saturated carbocycles. The van der Waals surface area contributed by atoms with Gasteiger partial charge in [0.15, 0.2) is 0 Å². The number of hydrogen-bond acceptors (Lipinski definition) is 1. The van der Waals surface area contributed by atoms with Gasteiger partial charge < -0.3 is 4.90 Å². The summed E-state index contributed by atoms with van der Waals surface area (Å²) in [6, 6.07) is 48.5. The highest BCUT2D eigenvalue weighted by molar-refractivity contribution is 5.93. The van der Waals surface area contributed by atoms with Crippen LogP contribution in [0.5, 0.6) is 0 Å². The largest absolute Gasteiger partial charge is 0.310 e. The van der Waals surface area contributed by atoms with Gasteiger partial charge in [0.05, 0.1) is 5.69 Å². The van der Waals surface area contributed by atoms with Crippen molar-refractivity contribution < 1.29 is 0 Å². The van der Waals surface area contributed by atoms with Crippen molar-refractivity contribution in [3.8, 4) is 33.4 Å². The summed E-state index contributed by atoms with van der Waals surface area (Å²) in [6.07, 6.45) is 5.03. The molecule has 0 aromatic heterocycles. The summed E-state index contributed by atoms with van der Waals surface area (Å²) in [5.74, 6) is 0. The van der Waals surface area contributed by atoms with Crippen LogP contribution in [0.25, 0.3) is 33.4 Å². The second-order valence-electron chi connectivity index (χ2n) is 14.6. The van der Waals surface area contributed by atoms with Gasteiger partial charge >= 0.3 is 0 Å². The first-order chi connectivity index (χ1) is 22.9. The van der Waals surface area contributed by atoms with Crippen LogP contribution in [0.1, 0.15) is 72.9 Å². The molecule has 0 heterocycles. The van der Waals surface area contributed by atoms with Crippen molar-refractivity contribution >= 4 is 17.1 Å². The summed E-state index contributed by atoms with van der Waals surface area (Å²) < 4.78 is 0. The third-order valence-corrected chi connectivity index (χ3v) is 11.6. The van der Waals surface area contributed by atoms with Crippen LogP contribution in [0, 0.1) is 13.8 Å². The summed E-state index contributed by atoms with van der Waals surface area (Å²) in [7, 11) is 0. The van der Waals surface area contributed by atoms with Gasteiger partial charge in [-0.1, -0.05) is 129 Å². The molecule has 3 aliphatic rings. The molecule has 0 bridgehead atoms. The zero-order chi connectivity index (χ0) is 31.9. The summed E-state index contributed by atoms with van der Waals surface area (Å²) >= 11 is 0. The molecule has 230 valence electrons. The van der Waals surface area contributed by atoms with Gasteiger partial charge in [-0.15, -0.1) is 0 Å². The van der Waals surface area contributed by atoms with Crippen LogP contribution in [0.15, 0.2) is 127 Å². The molecule has 9 rings (SSSR count). The van der Waals surface area contributed by atoms with Gasteiger partial charge in [0, 0.05) is 27.8 Å². The molecule has 1 spiro atoms. The fraction of sp³-hybridized carbons (Fsp3) is 0.217. The number of rotatable bonds is 4. The number of para-hydroxylation sites is 1. The fourth-order valence-electron chi connectivity index (χ4n) is 9.37. The monoisotopic (exact) mass is 607 g/mol. The number of nitrogens with zero attached hydrogens (tertiary/aromatic N) is 1. The van der Waals surface area contributed by atoms with E-state index in [4.69, 9.17) is 0 Å². The van der Waals surface area contributed by atoms with Gasteiger partial charge in [-0.25, -0.2) is 0 Å². The Morgan fingerprint density at radius 1 is 0.468 bits per heavy atom. The molecule has 0 amide bonds. The SMILES string of the molecule is Cc1ccc(-c2ccccc2N(c2ccc3c(c2)C(C)(C)c2ccccc2-3)c2ccc3c(c2)C2(CCCC2)c2ccccc2-3)c(C)c1. The molecular weight excluding hydrogens is 567 g/mol. The third kappa shape index (κ3) is 4.08. The maximum absolute atomic E-state index is 2.55. The average molecular weight is 608 g/mol. The van der Waals surface area contributed by atoms with Crippen molar-refractivity contribution in [2.24, 2.45) is 0 Å². The fourth-order valence-corrected chi connectivity index (χ4v) is 9.37. The highest BCUT2D eigenvalue weighted by atomic mass is 15.1. The van der Waals surface area contributed by atoms with Crippen molar-refractivity contribution in [1.29, 1.82) is 0 Å². The molecule has 6 aromatic rings. The average Bonchev–Trinajstić information content (AvgIpc) is 3.75. The second kappa shape index (κ2) is 10.3. The Labute approximate surface area is 279 Å². The van der Waals surface area contributed by atoms with E-state index in [-0.39, 0.29) is 10.8 Å². The lowest BCUT2D eigenvalue weighted by molar-refractivity contribution is 0.550. The molecule has 0 atom stereocenters. The van der Waals surface area contributed by atoms with Gasteiger partial charge in [-0.2, -0.15) is 0 Å². The lowest BCUT2D eigenvalue weighted by Crippen LogP contribution is -2.21. The standard InChI is InChI=1S/C46H41N/c1-30-19-22-34(31(2)27-30)39-15-7-10-18-44(39)47(32-20-23-37-35-13-5-8-16-40(35)45(3,4)42(37)28-32)33-21-24-38-36-14-6-9-17-41(36)46(43(38)29-33)25-11-12-26-46/h5-10,13-24,27-29H,11-12,25-26H2,1-4H3. The van der Waals surface area contributed by atoms with Gasteiger partial charge in [0.1, 0.15) is 0 Å². The minimum atomic E-state index is -0.0752. The van der Waals surface area contributed by atoms with Gasteiger partial charge in [0.25, 0.3) is 0 Å². The van der Waals surface area contributed by atoms with Crippen molar-refractivity contribution in [2.75, 3.05) is 4.90 Å². The van der Waals surface area contributed by atoms with E-state index in [1.54, 1.807) is 0 Å². The Balaban J connectivity index is 1.29. The molecule has 0 saturated heterocycles. The van der Waals surface area contributed by atoms with Gasteiger partial charge in [-0.05, 0) is 113 Å². The number of anilines is 3. The Morgan fingerprint density at radius 2 is 1.00 bits per heavy atom. The molecule has 3 aliphatic carbocycles. The molecule has 1 heteroatoms. The topological polar surface area (TPSA) is 3.24 Å². The summed E-state index contributed by atoms with van der Waals surface area (Å²) in [6.45, 7) is 9.19. The van der Waals surface area contributed by atoms with Crippen molar-refractivity contribution in [3.63, 3.8) is 0 Å². The van der Waals surface area contributed by atoms with E-state index in [0.717, 1.165) is 0 Å². The second-order valence-corrected chi connectivity index (χ2v) is 14.6. The molecule has 1 fully saturated rings. The number of hydrogen-bond donors (Lipinski definition) is 0. The van der Waals surface area contributed by atoms with Crippen LogP contribution >= 0.6 is 0 Å². The minimum absolute atomic E-state index is 0.0752. The Morgan fingerprint density at radius 3 is 1.70 bits per heavy atom. The van der Waals surface area contributed by atoms with E-state index in [1.807, 2.05) is 0 Å². The molecule has 47 heavy (non-hydrogen) atoms. The number of benzene rings is 6. The molecule has 0 radical (unpaired) electrons. The van der Waals surface area contributed by atoms with E-state index in [1.165, 1.54) is 110 Å². The lowest BCUT2D eigenvalue weighted by atomic mass is 9.76. The van der Waals surface area contributed by atoms with Crippen LogP contribution in [-0.2, 0) is 10.8 Å². The predicted molar refractivity (Wildman–Crippen MR) is 198 cm³/mol. The molecule has 6 aromatic carbocycles. The molecule has 0 unspecified atom stereocenters. The number of aryl methyl sites for hydroxylation is 2.